The Bertz CT molecular complexity index is 1340. The first-order chi connectivity index (χ1) is 17.4. The first kappa shape index (κ1) is 23.2. The number of esters is 1. The van der Waals surface area contributed by atoms with E-state index in [-0.39, 0.29) is 23.5 Å². The zero-order valence-electron chi connectivity index (χ0n) is 19.1. The van der Waals surface area contributed by atoms with Crippen LogP contribution in [0.2, 0.25) is 0 Å². The number of hydrogen-bond donors (Lipinski definition) is 0. The van der Waals surface area contributed by atoms with Crippen molar-refractivity contribution in [1.29, 1.82) is 0 Å². The molecule has 2 aliphatic rings. The van der Waals surface area contributed by atoms with Crippen molar-refractivity contribution in [2.45, 2.75) is 19.1 Å². The minimum atomic E-state index is -1.15. The summed E-state index contributed by atoms with van der Waals surface area (Å²) in [6.07, 6.45) is -1.15. The Labute approximate surface area is 205 Å². The standard InChI is InChI=1S/C26H21N3O7/c1-2-35-26(32)19-10-6-7-11-20(19)27-24(30)21-22(16-12-14-18(15-13-16)29(33)34)28(36-23(21)25(27)31)17-8-4-3-5-9-17/h3-15,21-23H,2H2,1H3. The van der Waals surface area contributed by atoms with Crippen LogP contribution >= 0.6 is 0 Å². The number of nitrogens with zero attached hydrogens (tertiary/aromatic N) is 3. The maximum atomic E-state index is 13.8. The average molecular weight is 487 g/mol. The second-order valence-corrected chi connectivity index (χ2v) is 8.26. The number of anilines is 2. The van der Waals surface area contributed by atoms with E-state index < -0.39 is 40.8 Å². The van der Waals surface area contributed by atoms with Gasteiger partial charge in [0.15, 0.2) is 6.10 Å². The van der Waals surface area contributed by atoms with Crippen LogP contribution in [0.5, 0.6) is 0 Å². The lowest BCUT2D eigenvalue weighted by atomic mass is 9.90. The van der Waals surface area contributed by atoms with E-state index in [1.807, 2.05) is 6.07 Å². The number of hydrogen-bond acceptors (Lipinski definition) is 8. The Morgan fingerprint density at radius 1 is 0.972 bits per heavy atom. The van der Waals surface area contributed by atoms with Gasteiger partial charge in [-0.1, -0.05) is 42.5 Å². The number of non-ortho nitro benzene ring substituents is 1. The summed E-state index contributed by atoms with van der Waals surface area (Å²) < 4.78 is 5.11. The lowest BCUT2D eigenvalue weighted by molar-refractivity contribution is -0.384. The molecule has 0 bridgehead atoms. The molecule has 0 saturated carbocycles. The molecule has 2 aliphatic heterocycles. The molecule has 0 aliphatic carbocycles. The molecule has 2 saturated heterocycles. The van der Waals surface area contributed by atoms with Crippen LogP contribution in [0.3, 0.4) is 0 Å². The van der Waals surface area contributed by atoms with Crippen molar-refractivity contribution in [3.05, 3.63) is 100 Å². The van der Waals surface area contributed by atoms with E-state index in [2.05, 4.69) is 0 Å². The molecule has 0 spiro atoms. The largest absolute Gasteiger partial charge is 0.462 e. The summed E-state index contributed by atoms with van der Waals surface area (Å²) in [5.41, 5.74) is 1.30. The summed E-state index contributed by atoms with van der Waals surface area (Å²) >= 11 is 0. The number of imide groups is 1. The molecule has 3 aromatic rings. The van der Waals surface area contributed by atoms with Crippen LogP contribution in [-0.2, 0) is 19.2 Å². The van der Waals surface area contributed by atoms with Gasteiger partial charge in [0.25, 0.3) is 11.6 Å². The summed E-state index contributed by atoms with van der Waals surface area (Å²) in [7, 11) is 0. The van der Waals surface area contributed by atoms with Gasteiger partial charge in [0.1, 0.15) is 5.92 Å². The molecule has 5 rings (SSSR count). The first-order valence-corrected chi connectivity index (χ1v) is 11.3. The van der Waals surface area contributed by atoms with Crippen molar-refractivity contribution in [1.82, 2.24) is 0 Å². The fraction of sp³-hybridized carbons (Fsp3) is 0.192. The number of fused-ring (bicyclic) bond motifs is 1. The van der Waals surface area contributed by atoms with Gasteiger partial charge in [-0.3, -0.25) is 24.5 Å². The minimum absolute atomic E-state index is 0.0906. The number of ether oxygens (including phenoxy) is 1. The third-order valence-corrected chi connectivity index (χ3v) is 6.21. The molecule has 3 aromatic carbocycles. The van der Waals surface area contributed by atoms with Crippen molar-refractivity contribution >= 4 is 34.8 Å². The fourth-order valence-corrected chi connectivity index (χ4v) is 4.63. The molecule has 3 atom stereocenters. The molecule has 10 nitrogen and oxygen atoms in total. The summed E-state index contributed by atoms with van der Waals surface area (Å²) in [5.74, 6) is -2.74. The number of carbonyl (C=O) groups excluding carboxylic acids is 3. The number of nitro groups is 1. The monoisotopic (exact) mass is 487 g/mol. The van der Waals surface area contributed by atoms with Crippen LogP contribution in [0, 0.1) is 16.0 Å². The van der Waals surface area contributed by atoms with E-state index >= 15 is 0 Å². The summed E-state index contributed by atoms with van der Waals surface area (Å²) in [5, 5.41) is 12.7. The van der Waals surface area contributed by atoms with Crippen LogP contribution < -0.4 is 9.96 Å². The van der Waals surface area contributed by atoms with E-state index in [4.69, 9.17) is 9.57 Å². The Morgan fingerprint density at radius 3 is 2.31 bits per heavy atom. The van der Waals surface area contributed by atoms with Gasteiger partial charge in [-0.15, -0.1) is 0 Å². The third kappa shape index (κ3) is 3.77. The minimum Gasteiger partial charge on any atom is -0.462 e. The van der Waals surface area contributed by atoms with Gasteiger partial charge < -0.3 is 4.74 Å². The van der Waals surface area contributed by atoms with Crippen LogP contribution in [0.1, 0.15) is 28.9 Å². The SMILES string of the molecule is CCOC(=O)c1ccccc1N1C(=O)C2ON(c3ccccc3)C(c3ccc([N+](=O)[O-])cc3)C2C1=O. The Kier molecular flexibility index (Phi) is 5.95. The zero-order chi connectivity index (χ0) is 25.4. The molecule has 3 unspecified atom stereocenters. The first-order valence-electron chi connectivity index (χ1n) is 11.3. The van der Waals surface area contributed by atoms with Crippen molar-refractivity contribution < 1.29 is 28.9 Å². The number of benzene rings is 3. The molecule has 0 aromatic heterocycles. The van der Waals surface area contributed by atoms with E-state index in [1.54, 1.807) is 55.5 Å². The molecule has 2 heterocycles. The predicted molar refractivity (Wildman–Crippen MR) is 128 cm³/mol. The van der Waals surface area contributed by atoms with Crippen LogP contribution in [-0.4, -0.2) is 35.4 Å². The number of amides is 2. The quantitative estimate of drug-likeness (QED) is 0.223. The number of nitro benzene ring substituents is 1. The maximum Gasteiger partial charge on any atom is 0.340 e. The smallest absolute Gasteiger partial charge is 0.340 e. The highest BCUT2D eigenvalue weighted by molar-refractivity contribution is 6.25. The zero-order valence-corrected chi connectivity index (χ0v) is 19.1. The van der Waals surface area contributed by atoms with Gasteiger partial charge in [-0.2, -0.15) is 0 Å². The van der Waals surface area contributed by atoms with E-state index in [0.29, 0.717) is 11.3 Å². The maximum absolute atomic E-state index is 13.8. The molecule has 2 fully saturated rings. The molecular formula is C26H21N3O7. The second kappa shape index (κ2) is 9.23. The van der Waals surface area contributed by atoms with E-state index in [0.717, 1.165) is 4.90 Å². The third-order valence-electron chi connectivity index (χ3n) is 6.21. The van der Waals surface area contributed by atoms with E-state index in [1.165, 1.54) is 29.3 Å². The van der Waals surface area contributed by atoms with Crippen molar-refractivity contribution in [3.8, 4) is 0 Å². The molecule has 36 heavy (non-hydrogen) atoms. The molecule has 10 heteroatoms. The number of para-hydroxylation sites is 2. The predicted octanol–water partition coefficient (Wildman–Crippen LogP) is 3.82. The van der Waals surface area contributed by atoms with Gasteiger partial charge in [0, 0.05) is 12.1 Å². The van der Waals surface area contributed by atoms with Gasteiger partial charge in [-0.25, -0.2) is 14.8 Å². The van der Waals surface area contributed by atoms with Gasteiger partial charge in [-0.05, 0) is 36.8 Å². The topological polar surface area (TPSA) is 119 Å². The molecular weight excluding hydrogens is 466 g/mol. The highest BCUT2D eigenvalue weighted by Crippen LogP contribution is 2.48. The fourth-order valence-electron chi connectivity index (χ4n) is 4.63. The molecule has 0 radical (unpaired) electrons. The average Bonchev–Trinajstić information content (AvgIpc) is 3.40. The van der Waals surface area contributed by atoms with Gasteiger partial charge >= 0.3 is 5.97 Å². The van der Waals surface area contributed by atoms with Crippen LogP contribution in [0.25, 0.3) is 0 Å². The van der Waals surface area contributed by atoms with E-state index in [9.17, 15) is 24.5 Å². The number of carbonyl (C=O) groups is 3. The molecule has 2 amide bonds. The highest BCUT2D eigenvalue weighted by atomic mass is 16.7. The summed E-state index contributed by atoms with van der Waals surface area (Å²) in [4.78, 5) is 57.6. The lowest BCUT2D eigenvalue weighted by Crippen LogP contribution is -2.38. The van der Waals surface area contributed by atoms with Crippen LogP contribution in [0.15, 0.2) is 78.9 Å². The number of hydroxylamine groups is 1. The van der Waals surface area contributed by atoms with Crippen molar-refractivity contribution in [2.75, 3.05) is 16.6 Å². The Morgan fingerprint density at radius 2 is 1.64 bits per heavy atom. The molecule has 182 valence electrons. The summed E-state index contributed by atoms with van der Waals surface area (Å²) in [6, 6.07) is 20.3. The van der Waals surface area contributed by atoms with Gasteiger partial charge in [0.05, 0.1) is 34.5 Å². The summed E-state index contributed by atoms with van der Waals surface area (Å²) in [6.45, 7) is 1.80. The number of rotatable bonds is 6. The van der Waals surface area contributed by atoms with Gasteiger partial charge in [0.2, 0.25) is 5.91 Å². The highest BCUT2D eigenvalue weighted by Gasteiger charge is 2.60. The normalized spacial score (nSPS) is 21.0. The second-order valence-electron chi connectivity index (χ2n) is 8.26. The van der Waals surface area contributed by atoms with Crippen molar-refractivity contribution in [3.63, 3.8) is 0 Å². The Balaban J connectivity index is 1.57. The lowest BCUT2D eigenvalue weighted by Gasteiger charge is -2.29. The van der Waals surface area contributed by atoms with Crippen molar-refractivity contribution in [2.24, 2.45) is 5.92 Å². The van der Waals surface area contributed by atoms with Crippen LogP contribution in [0.4, 0.5) is 17.1 Å². The molecule has 0 N–H and O–H groups in total. The Hall–Kier alpha value is -4.57.